The molecule has 0 saturated heterocycles. The van der Waals surface area contributed by atoms with Crippen LogP contribution in [-0.4, -0.2) is 24.1 Å². The van der Waals surface area contributed by atoms with Gasteiger partial charge in [-0.2, -0.15) is 0 Å². The Labute approximate surface area is 160 Å². The van der Waals surface area contributed by atoms with Crippen LogP contribution in [0, 0.1) is 0 Å². The highest BCUT2D eigenvalue weighted by atomic mass is 16.5. The zero-order chi connectivity index (χ0) is 19.8. The molecule has 0 bridgehead atoms. The Kier molecular flexibility index (Phi) is 7.17. The van der Waals surface area contributed by atoms with Crippen molar-refractivity contribution in [3.05, 3.63) is 65.7 Å². The molecule has 0 unspecified atom stereocenters. The third-order valence-corrected chi connectivity index (χ3v) is 3.37. The van der Waals surface area contributed by atoms with Gasteiger partial charge >= 0.3 is 5.97 Å². The first-order valence-electron chi connectivity index (χ1n) is 8.90. The summed E-state index contributed by atoms with van der Waals surface area (Å²) < 4.78 is 10.8. The van der Waals surface area contributed by atoms with E-state index in [2.05, 4.69) is 5.32 Å². The van der Waals surface area contributed by atoms with E-state index in [9.17, 15) is 9.59 Å². The normalized spacial score (nSPS) is 11.0. The molecule has 0 fully saturated rings. The summed E-state index contributed by atoms with van der Waals surface area (Å²) in [5.41, 5.74) is 1.78. The highest BCUT2D eigenvalue weighted by Crippen LogP contribution is 2.16. The first-order chi connectivity index (χ1) is 12.8. The number of rotatable bonds is 7. The van der Waals surface area contributed by atoms with Gasteiger partial charge in [0.2, 0.25) is 5.91 Å². The van der Waals surface area contributed by atoms with Crippen molar-refractivity contribution in [3.8, 4) is 5.75 Å². The van der Waals surface area contributed by atoms with Crippen LogP contribution in [0.25, 0.3) is 6.08 Å². The van der Waals surface area contributed by atoms with E-state index in [-0.39, 0.29) is 18.1 Å². The largest absolute Gasteiger partial charge is 0.491 e. The fourth-order valence-corrected chi connectivity index (χ4v) is 2.33. The van der Waals surface area contributed by atoms with E-state index in [4.69, 9.17) is 9.47 Å². The van der Waals surface area contributed by atoms with Gasteiger partial charge in [0.05, 0.1) is 17.8 Å². The molecule has 0 atom stereocenters. The third-order valence-electron chi connectivity index (χ3n) is 3.37. The van der Waals surface area contributed by atoms with Crippen molar-refractivity contribution in [2.75, 3.05) is 5.32 Å². The maximum absolute atomic E-state index is 12.2. The molecule has 27 heavy (non-hydrogen) atoms. The van der Waals surface area contributed by atoms with E-state index in [1.807, 2.05) is 38.1 Å². The van der Waals surface area contributed by atoms with Crippen LogP contribution in [0.3, 0.4) is 0 Å². The van der Waals surface area contributed by atoms with Crippen LogP contribution in [-0.2, 0) is 9.53 Å². The van der Waals surface area contributed by atoms with Crippen molar-refractivity contribution in [2.24, 2.45) is 0 Å². The Morgan fingerprint density at radius 3 is 2.41 bits per heavy atom. The molecule has 1 N–H and O–H groups in total. The van der Waals surface area contributed by atoms with Crippen molar-refractivity contribution in [2.45, 2.75) is 39.9 Å². The Bertz CT molecular complexity index is 825. The molecule has 0 aromatic heterocycles. The van der Waals surface area contributed by atoms with E-state index >= 15 is 0 Å². The molecular weight excluding hydrogens is 342 g/mol. The lowest BCUT2D eigenvalue weighted by Gasteiger charge is -2.10. The van der Waals surface area contributed by atoms with Gasteiger partial charge in [-0.15, -0.1) is 0 Å². The molecule has 142 valence electrons. The summed E-state index contributed by atoms with van der Waals surface area (Å²) >= 11 is 0. The number of carbonyl (C=O) groups excluding carboxylic acids is 2. The summed E-state index contributed by atoms with van der Waals surface area (Å²) in [6.45, 7) is 7.49. The van der Waals surface area contributed by atoms with Crippen LogP contribution in [0.2, 0.25) is 0 Å². The predicted octanol–water partition coefficient (Wildman–Crippen LogP) is 4.69. The van der Waals surface area contributed by atoms with Gasteiger partial charge in [0.1, 0.15) is 5.75 Å². The van der Waals surface area contributed by atoms with Gasteiger partial charge in [-0.05, 0) is 69.7 Å². The molecule has 0 spiro atoms. The summed E-state index contributed by atoms with van der Waals surface area (Å²) in [6, 6.07) is 14.2. The second-order valence-corrected chi connectivity index (χ2v) is 6.60. The number of benzene rings is 2. The van der Waals surface area contributed by atoms with E-state index in [0.717, 1.165) is 11.3 Å². The number of esters is 1. The molecule has 0 aliphatic carbocycles. The van der Waals surface area contributed by atoms with Crippen LogP contribution in [0.5, 0.6) is 5.75 Å². The molecule has 0 radical (unpaired) electrons. The summed E-state index contributed by atoms with van der Waals surface area (Å²) in [5.74, 6) is 0.0436. The molecule has 5 nitrogen and oxygen atoms in total. The van der Waals surface area contributed by atoms with Crippen molar-refractivity contribution >= 4 is 23.6 Å². The van der Waals surface area contributed by atoms with Crippen molar-refractivity contribution in [3.63, 3.8) is 0 Å². The first-order valence-corrected chi connectivity index (χ1v) is 8.90. The van der Waals surface area contributed by atoms with Crippen molar-refractivity contribution in [1.82, 2.24) is 0 Å². The van der Waals surface area contributed by atoms with Gasteiger partial charge in [0.15, 0.2) is 0 Å². The van der Waals surface area contributed by atoms with Gasteiger partial charge in [-0.1, -0.05) is 18.2 Å². The maximum Gasteiger partial charge on any atom is 0.338 e. The number of carbonyl (C=O) groups is 2. The summed E-state index contributed by atoms with van der Waals surface area (Å²) in [4.78, 5) is 24.1. The molecule has 2 rings (SSSR count). The Balaban J connectivity index is 2.01. The molecule has 0 saturated carbocycles. The Morgan fingerprint density at radius 1 is 0.963 bits per heavy atom. The second kappa shape index (κ2) is 9.57. The maximum atomic E-state index is 12.2. The topological polar surface area (TPSA) is 64.6 Å². The summed E-state index contributed by atoms with van der Waals surface area (Å²) in [5, 5.41) is 2.74. The van der Waals surface area contributed by atoms with Crippen LogP contribution in [0.15, 0.2) is 54.6 Å². The highest BCUT2D eigenvalue weighted by molar-refractivity contribution is 6.02. The second-order valence-electron chi connectivity index (χ2n) is 6.60. The molecule has 1 amide bonds. The molecule has 0 heterocycles. The van der Waals surface area contributed by atoms with Crippen LogP contribution in [0.4, 0.5) is 5.69 Å². The smallest absolute Gasteiger partial charge is 0.338 e. The van der Waals surface area contributed by atoms with Gasteiger partial charge in [-0.25, -0.2) is 4.79 Å². The lowest BCUT2D eigenvalue weighted by atomic mass is 10.2. The zero-order valence-electron chi connectivity index (χ0n) is 16.1. The molecule has 2 aromatic rings. The quantitative estimate of drug-likeness (QED) is 0.569. The third kappa shape index (κ3) is 6.98. The number of nitrogens with one attached hydrogen (secondary N) is 1. The summed E-state index contributed by atoms with van der Waals surface area (Å²) in [7, 11) is 0. The minimum atomic E-state index is -0.418. The first kappa shape index (κ1) is 20.2. The monoisotopic (exact) mass is 367 g/mol. The number of ether oxygens (including phenoxy) is 2. The highest BCUT2D eigenvalue weighted by Gasteiger charge is 2.10. The molecule has 2 aromatic carbocycles. The van der Waals surface area contributed by atoms with E-state index in [1.54, 1.807) is 44.2 Å². The minimum Gasteiger partial charge on any atom is -0.491 e. The van der Waals surface area contributed by atoms with E-state index in [1.165, 1.54) is 6.08 Å². The molecule has 0 aliphatic heterocycles. The van der Waals surface area contributed by atoms with Crippen LogP contribution in [0.1, 0.15) is 43.6 Å². The van der Waals surface area contributed by atoms with Crippen LogP contribution >= 0.6 is 0 Å². The number of anilines is 1. The minimum absolute atomic E-state index is 0.0854. The SMILES string of the molecule is CC(C)OC(=O)c1cccc(NC(=O)/C=C/c2cccc(OC(C)C)c2)c1. The lowest BCUT2D eigenvalue weighted by molar-refractivity contribution is -0.111. The zero-order valence-corrected chi connectivity index (χ0v) is 16.1. The molecule has 5 heteroatoms. The van der Waals surface area contributed by atoms with Gasteiger partial charge in [0, 0.05) is 11.8 Å². The van der Waals surface area contributed by atoms with Crippen LogP contribution < -0.4 is 10.1 Å². The van der Waals surface area contributed by atoms with Crippen molar-refractivity contribution < 1.29 is 19.1 Å². The Hall–Kier alpha value is -3.08. The Morgan fingerprint density at radius 2 is 1.70 bits per heavy atom. The predicted molar refractivity (Wildman–Crippen MR) is 107 cm³/mol. The van der Waals surface area contributed by atoms with Gasteiger partial charge in [-0.3, -0.25) is 4.79 Å². The van der Waals surface area contributed by atoms with E-state index < -0.39 is 5.97 Å². The number of hydrogen-bond donors (Lipinski definition) is 1. The van der Waals surface area contributed by atoms with Gasteiger partial charge < -0.3 is 14.8 Å². The summed E-state index contributed by atoms with van der Waals surface area (Å²) in [6.07, 6.45) is 3.03. The van der Waals surface area contributed by atoms with Crippen molar-refractivity contribution in [1.29, 1.82) is 0 Å². The lowest BCUT2D eigenvalue weighted by Crippen LogP contribution is -2.13. The van der Waals surface area contributed by atoms with E-state index in [0.29, 0.717) is 11.3 Å². The fourth-order valence-electron chi connectivity index (χ4n) is 2.33. The average Bonchev–Trinajstić information content (AvgIpc) is 2.59. The van der Waals surface area contributed by atoms with Gasteiger partial charge in [0.25, 0.3) is 0 Å². The number of amides is 1. The average molecular weight is 367 g/mol. The fraction of sp³-hybridized carbons (Fsp3) is 0.273. The molecule has 0 aliphatic rings. The number of hydrogen-bond acceptors (Lipinski definition) is 4. The molecular formula is C22H25NO4. The standard InChI is InChI=1S/C22H25NO4/c1-15(2)26-20-10-5-7-17(13-20)11-12-21(24)23-19-9-6-8-18(14-19)22(25)27-16(3)4/h5-16H,1-4H3,(H,23,24)/b12-11+.